The first kappa shape index (κ1) is 8.74. The Bertz CT molecular complexity index is 134. The van der Waals surface area contributed by atoms with Gasteiger partial charge in [-0.1, -0.05) is 0 Å². The molecule has 64 valence electrons. The Morgan fingerprint density at radius 1 is 1.64 bits per heavy atom. The van der Waals surface area contributed by atoms with Crippen molar-refractivity contribution in [2.45, 2.75) is 18.9 Å². The van der Waals surface area contributed by atoms with E-state index < -0.39 is 0 Å². The lowest BCUT2D eigenvalue weighted by Crippen LogP contribution is -2.44. The van der Waals surface area contributed by atoms with Crippen LogP contribution in [0.4, 0.5) is 0 Å². The van der Waals surface area contributed by atoms with E-state index in [0.717, 1.165) is 26.1 Å². The summed E-state index contributed by atoms with van der Waals surface area (Å²) in [6.45, 7) is 1.67. The molecule has 0 saturated carbocycles. The summed E-state index contributed by atoms with van der Waals surface area (Å²) in [4.78, 5) is 0. The fraction of sp³-hybridized carbons (Fsp3) is 0.857. The van der Waals surface area contributed by atoms with Crippen LogP contribution in [0.5, 0.6) is 0 Å². The minimum atomic E-state index is 0.406. The molecule has 1 rings (SSSR count). The smallest absolute Gasteiger partial charge is 0.166 e. The van der Waals surface area contributed by atoms with E-state index in [1.54, 1.807) is 0 Å². The van der Waals surface area contributed by atoms with Crippen LogP contribution in [0.1, 0.15) is 12.8 Å². The molecule has 0 spiro atoms. The molecule has 1 aliphatic rings. The molecule has 4 heteroatoms. The minimum absolute atomic E-state index is 0.406. The highest BCUT2D eigenvalue weighted by Gasteiger charge is 2.13. The predicted molar refractivity (Wildman–Crippen MR) is 48.6 cm³/mol. The molecule has 1 fully saturated rings. The van der Waals surface area contributed by atoms with Crippen LogP contribution in [-0.4, -0.2) is 31.4 Å². The van der Waals surface area contributed by atoms with Crippen molar-refractivity contribution in [3.63, 3.8) is 0 Å². The molecule has 0 aromatic rings. The van der Waals surface area contributed by atoms with Crippen molar-refractivity contribution in [1.82, 2.24) is 10.6 Å². The average molecular weight is 174 g/mol. The van der Waals surface area contributed by atoms with Crippen molar-refractivity contribution in [2.75, 3.05) is 20.3 Å². The molecule has 1 aliphatic heterocycles. The second-order valence-electron chi connectivity index (χ2n) is 2.64. The molecular weight excluding hydrogens is 160 g/mol. The molecule has 0 unspecified atom stereocenters. The normalized spacial score (nSPS) is 24.3. The van der Waals surface area contributed by atoms with Gasteiger partial charge in [0.25, 0.3) is 0 Å². The van der Waals surface area contributed by atoms with E-state index >= 15 is 0 Å². The lowest BCUT2D eigenvalue weighted by molar-refractivity contribution is 0.0764. The van der Waals surface area contributed by atoms with Crippen LogP contribution >= 0.6 is 12.2 Å². The van der Waals surface area contributed by atoms with Gasteiger partial charge in [-0.05, 0) is 25.1 Å². The fourth-order valence-electron chi connectivity index (χ4n) is 1.11. The summed E-state index contributed by atoms with van der Waals surface area (Å²) in [7, 11) is 1.82. The molecule has 3 nitrogen and oxygen atoms in total. The lowest BCUT2D eigenvalue weighted by Gasteiger charge is -2.23. The van der Waals surface area contributed by atoms with E-state index in [2.05, 4.69) is 10.6 Å². The highest BCUT2D eigenvalue weighted by molar-refractivity contribution is 7.80. The zero-order chi connectivity index (χ0) is 8.10. The third-order valence-electron chi connectivity index (χ3n) is 1.72. The van der Waals surface area contributed by atoms with Gasteiger partial charge in [0.1, 0.15) is 0 Å². The first-order valence-corrected chi connectivity index (χ1v) is 4.29. The Morgan fingerprint density at radius 3 is 3.00 bits per heavy atom. The second-order valence-corrected chi connectivity index (χ2v) is 3.05. The van der Waals surface area contributed by atoms with Gasteiger partial charge in [0.15, 0.2) is 5.11 Å². The maximum absolute atomic E-state index is 5.28. The second kappa shape index (κ2) is 4.51. The van der Waals surface area contributed by atoms with E-state index in [4.69, 9.17) is 17.0 Å². The third kappa shape index (κ3) is 3.03. The molecule has 11 heavy (non-hydrogen) atoms. The predicted octanol–water partition coefficient (Wildman–Crippen LogP) is 0.259. The fourth-order valence-corrected chi connectivity index (χ4v) is 1.28. The van der Waals surface area contributed by atoms with E-state index in [1.807, 2.05) is 7.05 Å². The van der Waals surface area contributed by atoms with Gasteiger partial charge in [0.05, 0.1) is 12.6 Å². The first-order valence-electron chi connectivity index (χ1n) is 3.89. The SMILES string of the molecule is CNC(=S)N[C@@H]1CCCOC1. The van der Waals surface area contributed by atoms with Crippen molar-refractivity contribution >= 4 is 17.3 Å². The van der Waals surface area contributed by atoms with Crippen molar-refractivity contribution in [3.8, 4) is 0 Å². The van der Waals surface area contributed by atoms with E-state index in [9.17, 15) is 0 Å². The molecule has 2 N–H and O–H groups in total. The molecule has 0 aromatic heterocycles. The number of nitrogens with one attached hydrogen (secondary N) is 2. The van der Waals surface area contributed by atoms with Crippen LogP contribution < -0.4 is 10.6 Å². The Hall–Kier alpha value is -0.350. The summed E-state index contributed by atoms with van der Waals surface area (Å²) in [5.74, 6) is 0. The zero-order valence-corrected chi connectivity index (χ0v) is 7.54. The molecule has 0 aliphatic carbocycles. The summed E-state index contributed by atoms with van der Waals surface area (Å²) in [6.07, 6.45) is 2.28. The number of ether oxygens (including phenoxy) is 1. The largest absolute Gasteiger partial charge is 0.379 e. The van der Waals surface area contributed by atoms with E-state index in [-0.39, 0.29) is 0 Å². The third-order valence-corrected chi connectivity index (χ3v) is 2.04. The van der Waals surface area contributed by atoms with Gasteiger partial charge in [-0.25, -0.2) is 0 Å². The van der Waals surface area contributed by atoms with Gasteiger partial charge in [-0.15, -0.1) is 0 Å². The van der Waals surface area contributed by atoms with Crippen molar-refractivity contribution in [2.24, 2.45) is 0 Å². The van der Waals surface area contributed by atoms with Crippen LogP contribution in [0.3, 0.4) is 0 Å². The number of hydrogen-bond acceptors (Lipinski definition) is 2. The number of thiocarbonyl (C=S) groups is 1. The van der Waals surface area contributed by atoms with Crippen molar-refractivity contribution in [3.05, 3.63) is 0 Å². The highest BCUT2D eigenvalue weighted by atomic mass is 32.1. The molecule has 1 heterocycles. The quantitative estimate of drug-likeness (QED) is 0.559. The average Bonchev–Trinajstić information content (AvgIpc) is 2.06. The maximum atomic E-state index is 5.28. The van der Waals surface area contributed by atoms with Crippen molar-refractivity contribution in [1.29, 1.82) is 0 Å². The highest BCUT2D eigenvalue weighted by Crippen LogP contribution is 2.04. The Kier molecular flexibility index (Phi) is 3.59. The van der Waals surface area contributed by atoms with Gasteiger partial charge in [-0.3, -0.25) is 0 Å². The van der Waals surface area contributed by atoms with Crippen molar-refractivity contribution < 1.29 is 4.74 Å². The number of rotatable bonds is 1. The monoisotopic (exact) mass is 174 g/mol. The van der Waals surface area contributed by atoms with E-state index in [1.165, 1.54) is 0 Å². The van der Waals surface area contributed by atoms with Crippen LogP contribution in [0.25, 0.3) is 0 Å². The van der Waals surface area contributed by atoms with Gasteiger partial charge in [0, 0.05) is 13.7 Å². The van der Waals surface area contributed by atoms with Crippen LogP contribution in [-0.2, 0) is 4.74 Å². The minimum Gasteiger partial charge on any atom is -0.379 e. The molecule has 1 saturated heterocycles. The maximum Gasteiger partial charge on any atom is 0.166 e. The summed E-state index contributed by atoms with van der Waals surface area (Å²) in [5, 5.41) is 6.75. The number of hydrogen-bond donors (Lipinski definition) is 2. The summed E-state index contributed by atoms with van der Waals surface area (Å²) >= 11 is 4.96. The van der Waals surface area contributed by atoms with Gasteiger partial charge in [0.2, 0.25) is 0 Å². The Balaban J connectivity index is 2.19. The van der Waals surface area contributed by atoms with Crippen LogP contribution in [0, 0.1) is 0 Å². The molecule has 0 radical (unpaired) electrons. The molecule has 1 atom stereocenters. The van der Waals surface area contributed by atoms with Gasteiger partial charge in [-0.2, -0.15) is 0 Å². The first-order chi connectivity index (χ1) is 5.33. The summed E-state index contributed by atoms with van der Waals surface area (Å²) < 4.78 is 5.28. The van der Waals surface area contributed by atoms with Gasteiger partial charge < -0.3 is 15.4 Å². The lowest BCUT2D eigenvalue weighted by atomic mass is 10.1. The summed E-state index contributed by atoms with van der Waals surface area (Å²) in [5.41, 5.74) is 0. The Morgan fingerprint density at radius 2 is 2.45 bits per heavy atom. The Labute approximate surface area is 72.5 Å². The molecule has 0 amide bonds. The van der Waals surface area contributed by atoms with Crippen LogP contribution in [0.2, 0.25) is 0 Å². The van der Waals surface area contributed by atoms with Crippen LogP contribution in [0.15, 0.2) is 0 Å². The molecular formula is C7H14N2OS. The molecule has 0 aromatic carbocycles. The van der Waals surface area contributed by atoms with E-state index in [0.29, 0.717) is 11.2 Å². The molecule has 0 bridgehead atoms. The topological polar surface area (TPSA) is 33.3 Å². The summed E-state index contributed by atoms with van der Waals surface area (Å²) in [6, 6.07) is 0.406. The standard InChI is InChI=1S/C7H14N2OS/c1-8-7(11)9-6-3-2-4-10-5-6/h6H,2-5H2,1H3,(H2,8,9,11)/t6-/m1/s1. The van der Waals surface area contributed by atoms with Gasteiger partial charge >= 0.3 is 0 Å². The zero-order valence-electron chi connectivity index (χ0n) is 6.72.